The minimum atomic E-state index is -0.106. The second-order valence-corrected chi connectivity index (χ2v) is 7.13. The van der Waals surface area contributed by atoms with Gasteiger partial charge in [0.05, 0.1) is 5.75 Å². The van der Waals surface area contributed by atoms with E-state index in [-0.39, 0.29) is 11.7 Å². The van der Waals surface area contributed by atoms with Crippen LogP contribution in [0.2, 0.25) is 5.02 Å². The average molecular weight is 388 g/mol. The summed E-state index contributed by atoms with van der Waals surface area (Å²) in [4.78, 5) is 18.5. The van der Waals surface area contributed by atoms with Crippen LogP contribution in [-0.2, 0) is 4.79 Å². The Balaban J connectivity index is 1.54. The molecular formula is C18H18ClN5OS. The van der Waals surface area contributed by atoms with E-state index in [1.807, 2.05) is 55.4 Å². The Morgan fingerprint density at radius 2 is 1.85 bits per heavy atom. The van der Waals surface area contributed by atoms with E-state index in [1.165, 1.54) is 11.8 Å². The van der Waals surface area contributed by atoms with Crippen molar-refractivity contribution in [2.45, 2.75) is 5.16 Å². The molecule has 2 N–H and O–H groups in total. The van der Waals surface area contributed by atoms with E-state index < -0.39 is 0 Å². The molecule has 0 bridgehead atoms. The van der Waals surface area contributed by atoms with E-state index in [1.54, 1.807) is 12.1 Å². The van der Waals surface area contributed by atoms with Crippen LogP contribution in [0.3, 0.4) is 0 Å². The van der Waals surface area contributed by atoms with Crippen molar-refractivity contribution in [3.63, 3.8) is 0 Å². The van der Waals surface area contributed by atoms with Crippen molar-refractivity contribution in [2.75, 3.05) is 30.1 Å². The Labute approximate surface area is 161 Å². The van der Waals surface area contributed by atoms with Crippen LogP contribution in [-0.4, -0.2) is 40.9 Å². The molecule has 0 atom stereocenters. The van der Waals surface area contributed by atoms with Crippen molar-refractivity contribution in [3.05, 3.63) is 53.6 Å². The number of halogens is 1. The number of hydrogen-bond donors (Lipinski definition) is 2. The van der Waals surface area contributed by atoms with Gasteiger partial charge in [-0.2, -0.15) is 0 Å². The molecule has 0 aliphatic heterocycles. The molecule has 1 heterocycles. The van der Waals surface area contributed by atoms with Crippen molar-refractivity contribution in [2.24, 2.45) is 0 Å². The lowest BCUT2D eigenvalue weighted by Gasteiger charge is -2.12. The Bertz CT molecular complexity index is 877. The number of nitrogens with one attached hydrogen (secondary N) is 2. The third-order valence-electron chi connectivity index (χ3n) is 3.58. The molecule has 0 spiro atoms. The fourth-order valence-corrected chi connectivity index (χ4v) is 2.94. The summed E-state index contributed by atoms with van der Waals surface area (Å²) in [7, 11) is 3.94. The van der Waals surface area contributed by atoms with Gasteiger partial charge in [0.2, 0.25) is 11.1 Å². The largest absolute Gasteiger partial charge is 0.378 e. The number of amides is 1. The summed E-state index contributed by atoms with van der Waals surface area (Å²) >= 11 is 7.16. The molecule has 0 aliphatic carbocycles. The van der Waals surface area contributed by atoms with Crippen molar-refractivity contribution < 1.29 is 4.79 Å². The molecule has 0 unspecified atom stereocenters. The molecule has 1 aromatic heterocycles. The van der Waals surface area contributed by atoms with E-state index in [4.69, 9.17) is 11.6 Å². The van der Waals surface area contributed by atoms with Crippen molar-refractivity contribution in [1.29, 1.82) is 0 Å². The molecule has 0 fully saturated rings. The maximum absolute atomic E-state index is 12.1. The van der Waals surface area contributed by atoms with Gasteiger partial charge in [0.25, 0.3) is 0 Å². The first kappa shape index (κ1) is 18.3. The molecule has 0 radical (unpaired) electrons. The number of nitrogens with zero attached hydrogens (tertiary/aromatic N) is 3. The number of H-pyrrole nitrogens is 1. The van der Waals surface area contributed by atoms with E-state index in [9.17, 15) is 4.79 Å². The number of thioether (sulfide) groups is 1. The van der Waals surface area contributed by atoms with E-state index >= 15 is 0 Å². The summed E-state index contributed by atoms with van der Waals surface area (Å²) in [6.07, 6.45) is 0. The smallest absolute Gasteiger partial charge is 0.234 e. The molecule has 6 nitrogen and oxygen atoms in total. The predicted octanol–water partition coefficient (Wildman–Crippen LogP) is 3.92. The van der Waals surface area contributed by atoms with Gasteiger partial charge < -0.3 is 10.2 Å². The van der Waals surface area contributed by atoms with Gasteiger partial charge in [0, 0.05) is 36.1 Å². The third-order valence-corrected chi connectivity index (χ3v) is 4.68. The van der Waals surface area contributed by atoms with Gasteiger partial charge in [-0.3, -0.25) is 9.89 Å². The second kappa shape index (κ2) is 8.25. The Morgan fingerprint density at radius 3 is 2.50 bits per heavy atom. The minimum absolute atomic E-state index is 0.106. The summed E-state index contributed by atoms with van der Waals surface area (Å²) in [6.45, 7) is 0. The summed E-state index contributed by atoms with van der Waals surface area (Å²) in [5.74, 6) is 0.766. The zero-order valence-corrected chi connectivity index (χ0v) is 15.9. The van der Waals surface area contributed by atoms with Crippen LogP contribution >= 0.6 is 23.4 Å². The fraction of sp³-hybridized carbons (Fsp3) is 0.167. The van der Waals surface area contributed by atoms with Crippen LogP contribution < -0.4 is 10.2 Å². The number of aromatic nitrogens is 3. The van der Waals surface area contributed by atoms with Gasteiger partial charge in [-0.1, -0.05) is 23.4 Å². The van der Waals surface area contributed by atoms with Crippen LogP contribution in [0, 0.1) is 0 Å². The van der Waals surface area contributed by atoms with Crippen molar-refractivity contribution in [3.8, 4) is 11.4 Å². The highest BCUT2D eigenvalue weighted by atomic mass is 35.5. The Hall–Kier alpha value is -2.51. The topological polar surface area (TPSA) is 73.9 Å². The zero-order valence-electron chi connectivity index (χ0n) is 14.4. The third kappa shape index (κ3) is 4.77. The lowest BCUT2D eigenvalue weighted by atomic mass is 10.2. The summed E-state index contributed by atoms with van der Waals surface area (Å²) in [6, 6.07) is 15.0. The first-order valence-electron chi connectivity index (χ1n) is 7.89. The molecule has 0 aliphatic rings. The zero-order chi connectivity index (χ0) is 18.5. The fourth-order valence-electron chi connectivity index (χ4n) is 2.22. The Morgan fingerprint density at radius 1 is 1.15 bits per heavy atom. The number of benzene rings is 2. The monoisotopic (exact) mass is 387 g/mol. The SMILES string of the molecule is CN(C)c1ccc(NC(=O)CSc2n[nH]c(-c3ccc(Cl)cc3)n2)cc1. The quantitative estimate of drug-likeness (QED) is 0.627. The van der Waals surface area contributed by atoms with Crippen LogP contribution in [0.25, 0.3) is 11.4 Å². The van der Waals surface area contributed by atoms with Crippen LogP contribution in [0.1, 0.15) is 0 Å². The average Bonchev–Trinajstić information content (AvgIpc) is 3.10. The molecule has 0 saturated heterocycles. The first-order chi connectivity index (χ1) is 12.5. The number of hydrogen-bond acceptors (Lipinski definition) is 5. The van der Waals surface area contributed by atoms with Gasteiger partial charge in [-0.05, 0) is 48.5 Å². The predicted molar refractivity (Wildman–Crippen MR) is 107 cm³/mol. The lowest BCUT2D eigenvalue weighted by Crippen LogP contribution is -2.14. The number of rotatable bonds is 6. The number of carbonyl (C=O) groups is 1. The van der Waals surface area contributed by atoms with Crippen molar-refractivity contribution in [1.82, 2.24) is 15.2 Å². The standard InChI is InChI=1S/C18H18ClN5OS/c1-24(2)15-9-7-14(8-10-15)20-16(25)11-26-18-21-17(22-23-18)12-3-5-13(19)6-4-12/h3-10H,11H2,1-2H3,(H,20,25)(H,21,22,23). The molecule has 3 rings (SSSR count). The van der Waals surface area contributed by atoms with Gasteiger partial charge in [-0.15, -0.1) is 5.10 Å². The molecular weight excluding hydrogens is 370 g/mol. The number of aromatic amines is 1. The minimum Gasteiger partial charge on any atom is -0.378 e. The highest BCUT2D eigenvalue weighted by Gasteiger charge is 2.09. The second-order valence-electron chi connectivity index (χ2n) is 5.75. The van der Waals surface area contributed by atoms with Crippen molar-refractivity contribution >= 4 is 40.6 Å². The first-order valence-corrected chi connectivity index (χ1v) is 9.26. The maximum atomic E-state index is 12.1. The molecule has 8 heteroatoms. The lowest BCUT2D eigenvalue weighted by molar-refractivity contribution is -0.113. The normalized spacial score (nSPS) is 10.6. The summed E-state index contributed by atoms with van der Waals surface area (Å²) < 4.78 is 0. The van der Waals surface area contributed by atoms with E-state index in [0.717, 1.165) is 16.9 Å². The summed E-state index contributed by atoms with van der Waals surface area (Å²) in [5, 5.41) is 11.1. The molecule has 1 amide bonds. The Kier molecular flexibility index (Phi) is 5.80. The molecule has 0 saturated carbocycles. The van der Waals surface area contributed by atoms with Gasteiger partial charge in [0.15, 0.2) is 5.82 Å². The molecule has 2 aromatic carbocycles. The molecule has 26 heavy (non-hydrogen) atoms. The highest BCUT2D eigenvalue weighted by Crippen LogP contribution is 2.21. The maximum Gasteiger partial charge on any atom is 0.234 e. The molecule has 134 valence electrons. The molecule has 3 aromatic rings. The van der Waals surface area contributed by atoms with Crippen LogP contribution in [0.5, 0.6) is 0 Å². The number of carbonyl (C=O) groups excluding carboxylic acids is 1. The van der Waals surface area contributed by atoms with Crippen LogP contribution in [0.15, 0.2) is 53.7 Å². The number of anilines is 2. The van der Waals surface area contributed by atoms with Gasteiger partial charge in [-0.25, -0.2) is 4.98 Å². The van der Waals surface area contributed by atoms with Gasteiger partial charge in [0.1, 0.15) is 0 Å². The van der Waals surface area contributed by atoms with Gasteiger partial charge >= 0.3 is 0 Å². The summed E-state index contributed by atoms with van der Waals surface area (Å²) in [5.41, 5.74) is 2.73. The highest BCUT2D eigenvalue weighted by molar-refractivity contribution is 7.99. The van der Waals surface area contributed by atoms with E-state index in [2.05, 4.69) is 20.5 Å². The van der Waals surface area contributed by atoms with E-state index in [0.29, 0.717) is 16.0 Å². The van der Waals surface area contributed by atoms with Crippen LogP contribution in [0.4, 0.5) is 11.4 Å².